The third kappa shape index (κ3) is 3.21. The molecular weight excluding hydrogens is 328 g/mol. The number of carbonyl (C=O) groups is 1. The van der Waals surface area contributed by atoms with Crippen LogP contribution in [0, 0.1) is 0 Å². The van der Waals surface area contributed by atoms with Gasteiger partial charge in [0.15, 0.2) is 0 Å². The number of rotatable bonds is 4. The highest BCUT2D eigenvalue weighted by Crippen LogP contribution is 2.33. The van der Waals surface area contributed by atoms with Crippen molar-refractivity contribution in [2.75, 3.05) is 32.1 Å². The Kier molecular flexibility index (Phi) is 4.99. The minimum absolute atomic E-state index is 0.0132. The van der Waals surface area contributed by atoms with E-state index in [-0.39, 0.29) is 15.5 Å². The van der Waals surface area contributed by atoms with E-state index >= 15 is 0 Å². The SMILES string of the molecule is CN(C)S(=O)(=O)c1cc(C(=O)[O-])c(N2CCCCC2)cc1Cl. The fraction of sp³-hybridized carbons (Fsp3) is 0.500. The fourth-order valence-corrected chi connectivity index (χ4v) is 3.91. The molecule has 1 fully saturated rings. The lowest BCUT2D eigenvalue weighted by Gasteiger charge is -2.31. The highest BCUT2D eigenvalue weighted by atomic mass is 35.5. The lowest BCUT2D eigenvalue weighted by molar-refractivity contribution is -0.254. The summed E-state index contributed by atoms with van der Waals surface area (Å²) in [6, 6.07) is 2.51. The Hall–Kier alpha value is -1.31. The van der Waals surface area contributed by atoms with Crippen molar-refractivity contribution in [3.63, 3.8) is 0 Å². The number of carboxylic acids is 1. The van der Waals surface area contributed by atoms with Gasteiger partial charge in [-0.1, -0.05) is 11.6 Å². The van der Waals surface area contributed by atoms with Crippen LogP contribution < -0.4 is 10.0 Å². The molecule has 0 bridgehead atoms. The van der Waals surface area contributed by atoms with Gasteiger partial charge in [0, 0.05) is 38.4 Å². The van der Waals surface area contributed by atoms with E-state index in [4.69, 9.17) is 11.6 Å². The van der Waals surface area contributed by atoms with Crippen LogP contribution in [-0.2, 0) is 10.0 Å². The molecule has 0 atom stereocenters. The Balaban J connectivity index is 2.58. The van der Waals surface area contributed by atoms with Crippen molar-refractivity contribution in [3.05, 3.63) is 22.7 Å². The van der Waals surface area contributed by atoms with Gasteiger partial charge in [-0.3, -0.25) is 0 Å². The van der Waals surface area contributed by atoms with E-state index < -0.39 is 16.0 Å². The summed E-state index contributed by atoms with van der Waals surface area (Å²) in [5, 5.41) is 11.4. The standard InChI is InChI=1S/C14H19ClN2O4S/c1-16(2)22(20,21)13-8-10(14(18)19)12(9-11(13)15)17-6-4-3-5-7-17/h8-9H,3-7H2,1-2H3,(H,18,19)/p-1. The predicted molar refractivity (Wildman–Crippen MR) is 82.7 cm³/mol. The summed E-state index contributed by atoms with van der Waals surface area (Å²) in [7, 11) is -1.09. The Morgan fingerprint density at radius 1 is 1.23 bits per heavy atom. The normalized spacial score (nSPS) is 16.1. The number of carboxylic acid groups (broad SMARTS) is 1. The minimum Gasteiger partial charge on any atom is -0.545 e. The molecule has 1 aliphatic heterocycles. The topological polar surface area (TPSA) is 80.8 Å². The van der Waals surface area contributed by atoms with Gasteiger partial charge >= 0.3 is 0 Å². The molecule has 0 aromatic heterocycles. The van der Waals surface area contributed by atoms with Crippen LogP contribution in [0.25, 0.3) is 0 Å². The van der Waals surface area contributed by atoms with E-state index in [0.29, 0.717) is 5.69 Å². The maximum atomic E-state index is 12.2. The lowest BCUT2D eigenvalue weighted by Crippen LogP contribution is -2.33. The third-order valence-electron chi connectivity index (χ3n) is 3.73. The van der Waals surface area contributed by atoms with Crippen LogP contribution in [0.1, 0.15) is 29.6 Å². The van der Waals surface area contributed by atoms with Crippen LogP contribution in [0.3, 0.4) is 0 Å². The molecule has 6 nitrogen and oxygen atoms in total. The number of nitrogens with zero attached hydrogens (tertiary/aromatic N) is 2. The van der Waals surface area contributed by atoms with E-state index in [0.717, 1.165) is 42.7 Å². The molecule has 0 aliphatic carbocycles. The first-order valence-corrected chi connectivity index (χ1v) is 8.79. The highest BCUT2D eigenvalue weighted by Gasteiger charge is 2.25. The molecule has 22 heavy (non-hydrogen) atoms. The number of hydrogen-bond acceptors (Lipinski definition) is 5. The summed E-state index contributed by atoms with van der Waals surface area (Å²) in [6.07, 6.45) is 3.02. The molecule has 0 spiro atoms. The minimum atomic E-state index is -3.82. The van der Waals surface area contributed by atoms with Crippen molar-refractivity contribution in [1.29, 1.82) is 0 Å². The number of carbonyl (C=O) groups excluding carboxylic acids is 1. The molecule has 0 amide bonds. The number of benzene rings is 1. The largest absolute Gasteiger partial charge is 0.545 e. The Labute approximate surface area is 135 Å². The smallest absolute Gasteiger partial charge is 0.244 e. The molecule has 1 aliphatic rings. The van der Waals surface area contributed by atoms with Gasteiger partial charge in [0.2, 0.25) is 10.0 Å². The maximum Gasteiger partial charge on any atom is 0.244 e. The van der Waals surface area contributed by atoms with Crippen LogP contribution in [0.15, 0.2) is 17.0 Å². The van der Waals surface area contributed by atoms with Gasteiger partial charge in [0.05, 0.1) is 11.0 Å². The molecule has 0 radical (unpaired) electrons. The quantitative estimate of drug-likeness (QED) is 0.811. The third-order valence-corrected chi connectivity index (χ3v) is 6.01. The predicted octanol–water partition coefficient (Wildman–Crippen LogP) is 0.944. The zero-order valence-corrected chi connectivity index (χ0v) is 14.1. The maximum absolute atomic E-state index is 12.2. The fourth-order valence-electron chi connectivity index (χ4n) is 2.50. The number of anilines is 1. The van der Waals surface area contributed by atoms with Crippen molar-refractivity contribution >= 4 is 33.3 Å². The van der Waals surface area contributed by atoms with Crippen molar-refractivity contribution < 1.29 is 18.3 Å². The van der Waals surface area contributed by atoms with Gasteiger partial charge in [-0.05, 0) is 31.4 Å². The molecule has 1 heterocycles. The molecule has 0 saturated carbocycles. The average molecular weight is 346 g/mol. The molecule has 0 N–H and O–H groups in total. The molecule has 1 aromatic rings. The first-order chi connectivity index (χ1) is 10.2. The number of sulfonamides is 1. The first kappa shape index (κ1) is 17.1. The Bertz CT molecular complexity index is 682. The van der Waals surface area contributed by atoms with E-state index in [1.165, 1.54) is 20.2 Å². The zero-order valence-electron chi connectivity index (χ0n) is 12.5. The van der Waals surface area contributed by atoms with Crippen molar-refractivity contribution in [2.45, 2.75) is 24.2 Å². The molecular formula is C14H18ClN2O4S-. The Morgan fingerprint density at radius 3 is 2.32 bits per heavy atom. The van der Waals surface area contributed by atoms with Crippen LogP contribution in [0.5, 0.6) is 0 Å². The lowest BCUT2D eigenvalue weighted by atomic mass is 10.1. The van der Waals surface area contributed by atoms with Crippen molar-refractivity contribution in [3.8, 4) is 0 Å². The van der Waals surface area contributed by atoms with Gasteiger partial charge < -0.3 is 14.8 Å². The molecule has 122 valence electrons. The van der Waals surface area contributed by atoms with Crippen LogP contribution in [0.4, 0.5) is 5.69 Å². The first-order valence-electron chi connectivity index (χ1n) is 6.97. The zero-order chi connectivity index (χ0) is 16.5. The molecule has 1 saturated heterocycles. The highest BCUT2D eigenvalue weighted by molar-refractivity contribution is 7.89. The number of halogens is 1. The van der Waals surface area contributed by atoms with E-state index in [1.54, 1.807) is 0 Å². The summed E-state index contributed by atoms with van der Waals surface area (Å²) in [4.78, 5) is 13.1. The van der Waals surface area contributed by atoms with Crippen LogP contribution in [-0.4, -0.2) is 45.9 Å². The monoisotopic (exact) mass is 345 g/mol. The van der Waals surface area contributed by atoms with Gasteiger partial charge in [0.1, 0.15) is 4.90 Å². The summed E-state index contributed by atoms with van der Waals surface area (Å²) in [5.41, 5.74) is 0.272. The summed E-state index contributed by atoms with van der Waals surface area (Å²) in [6.45, 7) is 1.44. The second-order valence-corrected chi connectivity index (χ2v) is 7.95. The summed E-state index contributed by atoms with van der Waals surface area (Å²) < 4.78 is 25.5. The molecule has 0 unspecified atom stereocenters. The van der Waals surface area contributed by atoms with Crippen molar-refractivity contribution in [2.24, 2.45) is 0 Å². The van der Waals surface area contributed by atoms with E-state index in [2.05, 4.69) is 0 Å². The average Bonchev–Trinajstić information content (AvgIpc) is 2.47. The molecule has 8 heteroatoms. The van der Waals surface area contributed by atoms with Gasteiger partial charge in [0.25, 0.3) is 0 Å². The van der Waals surface area contributed by atoms with Gasteiger partial charge in [-0.2, -0.15) is 0 Å². The second kappa shape index (κ2) is 6.44. The Morgan fingerprint density at radius 2 is 1.82 bits per heavy atom. The van der Waals surface area contributed by atoms with E-state index in [9.17, 15) is 18.3 Å². The summed E-state index contributed by atoms with van der Waals surface area (Å²) >= 11 is 6.11. The van der Waals surface area contributed by atoms with E-state index in [1.807, 2.05) is 4.90 Å². The number of piperidine rings is 1. The van der Waals surface area contributed by atoms with Gasteiger partial charge in [-0.25, -0.2) is 12.7 Å². The molecule has 2 rings (SSSR count). The second-order valence-electron chi connectivity index (χ2n) is 5.42. The number of hydrogen-bond donors (Lipinski definition) is 0. The molecule has 1 aromatic carbocycles. The van der Waals surface area contributed by atoms with Crippen LogP contribution in [0.2, 0.25) is 5.02 Å². The number of aromatic carboxylic acids is 1. The summed E-state index contributed by atoms with van der Waals surface area (Å²) in [5.74, 6) is -1.41. The van der Waals surface area contributed by atoms with Crippen LogP contribution >= 0.6 is 11.6 Å². The van der Waals surface area contributed by atoms with Gasteiger partial charge in [-0.15, -0.1) is 0 Å². The van der Waals surface area contributed by atoms with Crippen molar-refractivity contribution in [1.82, 2.24) is 4.31 Å².